The van der Waals surface area contributed by atoms with Gasteiger partial charge in [0.1, 0.15) is 0 Å². The summed E-state index contributed by atoms with van der Waals surface area (Å²) in [6, 6.07) is 11.3. The van der Waals surface area contributed by atoms with E-state index < -0.39 is 6.10 Å². The van der Waals surface area contributed by atoms with Crippen LogP contribution in [0, 0.1) is 0 Å². The standard InChI is InChI=1S/C16H19NO3/c1-11(10-12(2)18)17-16(19)15-14(8-9-20-15)13-6-4-3-5-7-13/h3-9,11-12,18H,10H2,1-2H3,(H,17,19). The highest BCUT2D eigenvalue weighted by atomic mass is 16.3. The maximum atomic E-state index is 12.2. The van der Waals surface area contributed by atoms with Crippen LogP contribution in [0.25, 0.3) is 11.1 Å². The summed E-state index contributed by atoms with van der Waals surface area (Å²) < 4.78 is 5.31. The number of nitrogens with one attached hydrogen (secondary N) is 1. The molecule has 0 fully saturated rings. The summed E-state index contributed by atoms with van der Waals surface area (Å²) in [6.07, 6.45) is 1.57. The van der Waals surface area contributed by atoms with Crippen LogP contribution in [0.15, 0.2) is 47.1 Å². The highest BCUT2D eigenvalue weighted by Crippen LogP contribution is 2.24. The van der Waals surface area contributed by atoms with Gasteiger partial charge in [0.2, 0.25) is 0 Å². The molecule has 1 aromatic carbocycles. The van der Waals surface area contributed by atoms with E-state index in [1.165, 1.54) is 6.26 Å². The Morgan fingerprint density at radius 1 is 1.25 bits per heavy atom. The number of furan rings is 1. The summed E-state index contributed by atoms with van der Waals surface area (Å²) in [4.78, 5) is 12.2. The van der Waals surface area contributed by atoms with Crippen molar-refractivity contribution in [3.8, 4) is 11.1 Å². The van der Waals surface area contributed by atoms with Crippen molar-refractivity contribution in [3.63, 3.8) is 0 Å². The Morgan fingerprint density at radius 2 is 1.95 bits per heavy atom. The van der Waals surface area contributed by atoms with Crippen LogP contribution < -0.4 is 5.32 Å². The van der Waals surface area contributed by atoms with E-state index in [9.17, 15) is 9.90 Å². The zero-order valence-electron chi connectivity index (χ0n) is 11.7. The van der Waals surface area contributed by atoms with Crippen LogP contribution in [0.3, 0.4) is 0 Å². The smallest absolute Gasteiger partial charge is 0.287 e. The minimum atomic E-state index is -0.449. The molecule has 0 saturated heterocycles. The number of aliphatic hydroxyl groups excluding tert-OH is 1. The van der Waals surface area contributed by atoms with Crippen molar-refractivity contribution in [2.45, 2.75) is 32.4 Å². The largest absolute Gasteiger partial charge is 0.459 e. The molecule has 2 atom stereocenters. The molecule has 20 heavy (non-hydrogen) atoms. The maximum absolute atomic E-state index is 12.2. The second-order valence-corrected chi connectivity index (χ2v) is 4.99. The van der Waals surface area contributed by atoms with Gasteiger partial charge in [0.15, 0.2) is 5.76 Å². The predicted octanol–water partition coefficient (Wildman–Crippen LogP) is 2.84. The van der Waals surface area contributed by atoms with E-state index in [0.29, 0.717) is 12.2 Å². The highest BCUT2D eigenvalue weighted by Gasteiger charge is 2.18. The van der Waals surface area contributed by atoms with Gasteiger partial charge in [0.25, 0.3) is 5.91 Å². The number of amides is 1. The van der Waals surface area contributed by atoms with E-state index in [1.807, 2.05) is 37.3 Å². The van der Waals surface area contributed by atoms with Gasteiger partial charge < -0.3 is 14.8 Å². The molecule has 0 aliphatic heterocycles. The Kier molecular flexibility index (Phi) is 4.58. The second-order valence-electron chi connectivity index (χ2n) is 4.99. The summed E-state index contributed by atoms with van der Waals surface area (Å²) in [6.45, 7) is 3.56. The van der Waals surface area contributed by atoms with Gasteiger partial charge in [-0.25, -0.2) is 0 Å². The fraction of sp³-hybridized carbons (Fsp3) is 0.312. The molecule has 2 aromatic rings. The van der Waals surface area contributed by atoms with Crippen molar-refractivity contribution < 1.29 is 14.3 Å². The average molecular weight is 273 g/mol. The molecule has 2 unspecified atom stereocenters. The zero-order chi connectivity index (χ0) is 14.5. The van der Waals surface area contributed by atoms with Crippen molar-refractivity contribution in [1.29, 1.82) is 0 Å². The lowest BCUT2D eigenvalue weighted by molar-refractivity contribution is 0.0896. The Labute approximate surface area is 118 Å². The topological polar surface area (TPSA) is 62.5 Å². The molecule has 0 bridgehead atoms. The minimum absolute atomic E-state index is 0.115. The molecular formula is C16H19NO3. The van der Waals surface area contributed by atoms with Gasteiger partial charge in [-0.3, -0.25) is 4.79 Å². The lowest BCUT2D eigenvalue weighted by atomic mass is 10.1. The highest BCUT2D eigenvalue weighted by molar-refractivity contribution is 5.98. The van der Waals surface area contributed by atoms with Crippen LogP contribution in [0.5, 0.6) is 0 Å². The molecular weight excluding hydrogens is 254 g/mol. The molecule has 4 heteroatoms. The number of hydrogen-bond donors (Lipinski definition) is 2. The van der Waals surface area contributed by atoms with E-state index in [0.717, 1.165) is 11.1 Å². The predicted molar refractivity (Wildman–Crippen MR) is 77.4 cm³/mol. The molecule has 0 aliphatic rings. The van der Waals surface area contributed by atoms with Crippen molar-refractivity contribution >= 4 is 5.91 Å². The summed E-state index contributed by atoms with van der Waals surface area (Å²) in [5.74, 6) is 0.0376. The summed E-state index contributed by atoms with van der Waals surface area (Å²) in [5, 5.41) is 12.2. The van der Waals surface area contributed by atoms with Crippen LogP contribution in [0.4, 0.5) is 0 Å². The molecule has 4 nitrogen and oxygen atoms in total. The molecule has 1 aromatic heterocycles. The average Bonchev–Trinajstić information content (AvgIpc) is 2.87. The Morgan fingerprint density at radius 3 is 2.60 bits per heavy atom. The monoisotopic (exact) mass is 273 g/mol. The van der Waals surface area contributed by atoms with Gasteiger partial charge in [-0.15, -0.1) is 0 Å². The lowest BCUT2D eigenvalue weighted by Gasteiger charge is -2.15. The molecule has 1 amide bonds. The van der Waals surface area contributed by atoms with Gasteiger partial charge >= 0.3 is 0 Å². The van der Waals surface area contributed by atoms with Crippen LogP contribution in [-0.2, 0) is 0 Å². The van der Waals surface area contributed by atoms with E-state index >= 15 is 0 Å². The Bertz CT molecular complexity index is 560. The van der Waals surface area contributed by atoms with Crippen molar-refractivity contribution in [2.75, 3.05) is 0 Å². The molecule has 0 spiro atoms. The number of hydrogen-bond acceptors (Lipinski definition) is 3. The molecule has 106 valence electrons. The SMILES string of the molecule is CC(O)CC(C)NC(=O)c1occc1-c1ccccc1. The van der Waals surface area contributed by atoms with Gasteiger partial charge in [-0.1, -0.05) is 30.3 Å². The van der Waals surface area contributed by atoms with Crippen molar-refractivity contribution in [1.82, 2.24) is 5.32 Å². The van der Waals surface area contributed by atoms with Crippen LogP contribution in [0.2, 0.25) is 0 Å². The molecule has 0 saturated carbocycles. The number of benzene rings is 1. The number of aliphatic hydroxyl groups is 1. The second kappa shape index (κ2) is 6.39. The van der Waals surface area contributed by atoms with E-state index in [1.54, 1.807) is 13.0 Å². The third-order valence-electron chi connectivity index (χ3n) is 3.03. The first-order chi connectivity index (χ1) is 9.58. The van der Waals surface area contributed by atoms with Crippen molar-refractivity contribution in [2.24, 2.45) is 0 Å². The first-order valence-corrected chi connectivity index (χ1v) is 6.69. The molecule has 0 aliphatic carbocycles. The summed E-state index contributed by atoms with van der Waals surface area (Å²) >= 11 is 0. The Balaban J connectivity index is 2.14. The van der Waals surface area contributed by atoms with Crippen LogP contribution in [-0.4, -0.2) is 23.2 Å². The van der Waals surface area contributed by atoms with E-state index in [2.05, 4.69) is 5.32 Å². The van der Waals surface area contributed by atoms with Gasteiger partial charge in [-0.2, -0.15) is 0 Å². The maximum Gasteiger partial charge on any atom is 0.287 e. The fourth-order valence-corrected chi connectivity index (χ4v) is 2.19. The van der Waals surface area contributed by atoms with E-state index in [4.69, 9.17) is 4.42 Å². The van der Waals surface area contributed by atoms with E-state index in [-0.39, 0.29) is 11.9 Å². The first-order valence-electron chi connectivity index (χ1n) is 6.69. The number of carbonyl (C=O) groups is 1. The van der Waals surface area contributed by atoms with Crippen LogP contribution >= 0.6 is 0 Å². The molecule has 2 rings (SSSR count). The molecule has 0 radical (unpaired) electrons. The number of carbonyl (C=O) groups excluding carboxylic acids is 1. The molecule has 2 N–H and O–H groups in total. The third kappa shape index (κ3) is 3.48. The summed E-state index contributed by atoms with van der Waals surface area (Å²) in [5.41, 5.74) is 1.71. The minimum Gasteiger partial charge on any atom is -0.459 e. The third-order valence-corrected chi connectivity index (χ3v) is 3.03. The van der Waals surface area contributed by atoms with Crippen LogP contribution in [0.1, 0.15) is 30.8 Å². The Hall–Kier alpha value is -2.07. The lowest BCUT2D eigenvalue weighted by Crippen LogP contribution is -2.34. The summed E-state index contributed by atoms with van der Waals surface area (Å²) in [7, 11) is 0. The van der Waals surface area contributed by atoms with Gasteiger partial charge in [0, 0.05) is 11.6 Å². The zero-order valence-corrected chi connectivity index (χ0v) is 11.7. The van der Waals surface area contributed by atoms with Crippen molar-refractivity contribution in [3.05, 3.63) is 48.4 Å². The molecule has 1 heterocycles. The normalized spacial score (nSPS) is 13.8. The van der Waals surface area contributed by atoms with Gasteiger partial charge in [-0.05, 0) is 31.9 Å². The number of rotatable bonds is 5. The first kappa shape index (κ1) is 14.3. The fourth-order valence-electron chi connectivity index (χ4n) is 2.19. The van der Waals surface area contributed by atoms with Gasteiger partial charge in [0.05, 0.1) is 12.4 Å². The quantitative estimate of drug-likeness (QED) is 0.880.